The SMILES string of the molecule is CCCCCCCOc1ccc(CN)cc1C. The third kappa shape index (κ3) is 5.22. The van der Waals surface area contributed by atoms with Crippen LogP contribution in [-0.2, 0) is 6.54 Å². The minimum atomic E-state index is 0.595. The predicted octanol–water partition coefficient (Wildman–Crippen LogP) is 3.80. The highest BCUT2D eigenvalue weighted by molar-refractivity contribution is 5.36. The molecular formula is C15H25NO. The van der Waals surface area contributed by atoms with E-state index in [0.29, 0.717) is 6.54 Å². The van der Waals surface area contributed by atoms with Crippen molar-refractivity contribution in [2.24, 2.45) is 5.73 Å². The Balaban J connectivity index is 2.27. The van der Waals surface area contributed by atoms with Crippen LogP contribution in [0, 0.1) is 6.92 Å². The average Bonchev–Trinajstić information content (AvgIpc) is 2.35. The minimum absolute atomic E-state index is 0.595. The molecule has 0 unspecified atom stereocenters. The molecule has 0 aromatic heterocycles. The first-order valence-corrected chi connectivity index (χ1v) is 6.70. The molecule has 1 aromatic carbocycles. The van der Waals surface area contributed by atoms with Crippen molar-refractivity contribution in [2.75, 3.05) is 6.61 Å². The number of hydrogen-bond acceptors (Lipinski definition) is 2. The molecule has 0 aliphatic heterocycles. The van der Waals surface area contributed by atoms with Crippen molar-refractivity contribution in [1.82, 2.24) is 0 Å². The van der Waals surface area contributed by atoms with E-state index in [1.54, 1.807) is 0 Å². The van der Waals surface area contributed by atoms with Crippen molar-refractivity contribution in [3.63, 3.8) is 0 Å². The van der Waals surface area contributed by atoms with Gasteiger partial charge < -0.3 is 10.5 Å². The van der Waals surface area contributed by atoms with Gasteiger partial charge in [-0.2, -0.15) is 0 Å². The zero-order valence-corrected chi connectivity index (χ0v) is 11.2. The fraction of sp³-hybridized carbons (Fsp3) is 0.600. The molecule has 1 rings (SSSR count). The number of rotatable bonds is 8. The van der Waals surface area contributed by atoms with Crippen LogP contribution in [0.2, 0.25) is 0 Å². The molecule has 0 saturated carbocycles. The lowest BCUT2D eigenvalue weighted by Crippen LogP contribution is -2.01. The summed E-state index contributed by atoms with van der Waals surface area (Å²) in [5, 5.41) is 0. The fourth-order valence-corrected chi connectivity index (χ4v) is 1.89. The zero-order valence-electron chi connectivity index (χ0n) is 11.2. The van der Waals surface area contributed by atoms with E-state index in [9.17, 15) is 0 Å². The second-order valence-corrected chi connectivity index (χ2v) is 4.57. The van der Waals surface area contributed by atoms with Gasteiger partial charge >= 0.3 is 0 Å². The van der Waals surface area contributed by atoms with E-state index in [4.69, 9.17) is 10.5 Å². The summed E-state index contributed by atoms with van der Waals surface area (Å²) < 4.78 is 5.78. The zero-order chi connectivity index (χ0) is 12.5. The first-order valence-electron chi connectivity index (χ1n) is 6.70. The molecule has 0 heterocycles. The number of nitrogens with two attached hydrogens (primary N) is 1. The van der Waals surface area contributed by atoms with Gasteiger partial charge in [0.1, 0.15) is 5.75 Å². The van der Waals surface area contributed by atoms with Gasteiger partial charge in [0.2, 0.25) is 0 Å². The molecule has 0 saturated heterocycles. The third-order valence-electron chi connectivity index (χ3n) is 2.98. The third-order valence-corrected chi connectivity index (χ3v) is 2.98. The van der Waals surface area contributed by atoms with Crippen molar-refractivity contribution >= 4 is 0 Å². The van der Waals surface area contributed by atoms with E-state index in [0.717, 1.165) is 24.3 Å². The van der Waals surface area contributed by atoms with Gasteiger partial charge in [0.25, 0.3) is 0 Å². The van der Waals surface area contributed by atoms with Gasteiger partial charge in [-0.3, -0.25) is 0 Å². The maximum Gasteiger partial charge on any atom is 0.122 e. The molecule has 2 nitrogen and oxygen atoms in total. The lowest BCUT2D eigenvalue weighted by atomic mass is 10.1. The second-order valence-electron chi connectivity index (χ2n) is 4.57. The van der Waals surface area contributed by atoms with Crippen LogP contribution in [0.4, 0.5) is 0 Å². The summed E-state index contributed by atoms with van der Waals surface area (Å²) in [5.41, 5.74) is 7.94. The van der Waals surface area contributed by atoms with E-state index in [1.807, 2.05) is 12.1 Å². The van der Waals surface area contributed by atoms with Crippen LogP contribution in [0.15, 0.2) is 18.2 Å². The smallest absolute Gasteiger partial charge is 0.122 e. The molecular weight excluding hydrogens is 210 g/mol. The highest BCUT2D eigenvalue weighted by Crippen LogP contribution is 2.19. The van der Waals surface area contributed by atoms with Gasteiger partial charge in [-0.25, -0.2) is 0 Å². The van der Waals surface area contributed by atoms with Crippen molar-refractivity contribution in [3.8, 4) is 5.75 Å². The summed E-state index contributed by atoms with van der Waals surface area (Å²) in [6, 6.07) is 6.18. The van der Waals surface area contributed by atoms with Gasteiger partial charge in [-0.1, -0.05) is 44.7 Å². The Labute approximate surface area is 105 Å². The van der Waals surface area contributed by atoms with Gasteiger partial charge in [0.05, 0.1) is 6.61 Å². The number of hydrogen-bond donors (Lipinski definition) is 1. The standard InChI is InChI=1S/C15H25NO/c1-3-4-5-6-7-10-17-15-9-8-14(12-16)11-13(15)2/h8-9,11H,3-7,10,12,16H2,1-2H3. The van der Waals surface area contributed by atoms with Crippen molar-refractivity contribution in [1.29, 1.82) is 0 Å². The maximum atomic E-state index is 5.78. The van der Waals surface area contributed by atoms with Crippen molar-refractivity contribution < 1.29 is 4.74 Å². The molecule has 17 heavy (non-hydrogen) atoms. The first-order chi connectivity index (χ1) is 8.27. The van der Waals surface area contributed by atoms with Gasteiger partial charge in [-0.05, 0) is 30.5 Å². The predicted molar refractivity (Wildman–Crippen MR) is 73.3 cm³/mol. The molecule has 0 amide bonds. The number of benzene rings is 1. The molecule has 2 heteroatoms. The lowest BCUT2D eigenvalue weighted by molar-refractivity contribution is 0.302. The minimum Gasteiger partial charge on any atom is -0.493 e. The van der Waals surface area contributed by atoms with Crippen LogP contribution < -0.4 is 10.5 Å². The van der Waals surface area contributed by atoms with Gasteiger partial charge in [0, 0.05) is 6.54 Å². The Kier molecular flexibility index (Phi) is 6.71. The maximum absolute atomic E-state index is 5.78. The van der Waals surface area contributed by atoms with Crippen molar-refractivity contribution in [2.45, 2.75) is 52.5 Å². The molecule has 0 atom stereocenters. The number of ether oxygens (including phenoxy) is 1. The molecule has 96 valence electrons. The van der Waals surface area contributed by atoms with Crippen LogP contribution in [0.3, 0.4) is 0 Å². The Morgan fingerprint density at radius 2 is 1.88 bits per heavy atom. The van der Waals surface area contributed by atoms with E-state index in [2.05, 4.69) is 19.9 Å². The lowest BCUT2D eigenvalue weighted by Gasteiger charge is -2.10. The highest BCUT2D eigenvalue weighted by Gasteiger charge is 2.00. The number of unbranched alkanes of at least 4 members (excludes halogenated alkanes) is 4. The van der Waals surface area contributed by atoms with E-state index in [1.165, 1.54) is 31.2 Å². The molecule has 0 fully saturated rings. The average molecular weight is 235 g/mol. The molecule has 0 aliphatic carbocycles. The summed E-state index contributed by atoms with van der Waals surface area (Å²) in [6.45, 7) is 5.73. The molecule has 0 radical (unpaired) electrons. The molecule has 1 aromatic rings. The van der Waals surface area contributed by atoms with Crippen LogP contribution in [0.1, 0.15) is 50.2 Å². The molecule has 0 spiro atoms. The van der Waals surface area contributed by atoms with E-state index < -0.39 is 0 Å². The highest BCUT2D eigenvalue weighted by atomic mass is 16.5. The van der Waals surface area contributed by atoms with E-state index in [-0.39, 0.29) is 0 Å². The van der Waals surface area contributed by atoms with E-state index >= 15 is 0 Å². The Bertz CT molecular complexity index is 323. The summed E-state index contributed by atoms with van der Waals surface area (Å²) >= 11 is 0. The Morgan fingerprint density at radius 3 is 2.53 bits per heavy atom. The molecule has 2 N–H and O–H groups in total. The summed E-state index contributed by atoms with van der Waals surface area (Å²) in [6.07, 6.45) is 6.38. The second kappa shape index (κ2) is 8.13. The van der Waals surface area contributed by atoms with Crippen LogP contribution >= 0.6 is 0 Å². The number of aryl methyl sites for hydroxylation is 1. The van der Waals surface area contributed by atoms with Crippen LogP contribution in [0.5, 0.6) is 5.75 Å². The summed E-state index contributed by atoms with van der Waals surface area (Å²) in [7, 11) is 0. The Hall–Kier alpha value is -1.02. The van der Waals surface area contributed by atoms with Crippen molar-refractivity contribution in [3.05, 3.63) is 29.3 Å². The monoisotopic (exact) mass is 235 g/mol. The van der Waals surface area contributed by atoms with Crippen LogP contribution in [-0.4, -0.2) is 6.61 Å². The summed E-state index contributed by atoms with van der Waals surface area (Å²) in [4.78, 5) is 0. The Morgan fingerprint density at radius 1 is 1.12 bits per heavy atom. The normalized spacial score (nSPS) is 10.5. The van der Waals surface area contributed by atoms with Crippen LogP contribution in [0.25, 0.3) is 0 Å². The quantitative estimate of drug-likeness (QED) is 0.695. The summed E-state index contributed by atoms with van der Waals surface area (Å²) in [5.74, 6) is 0.998. The van der Waals surface area contributed by atoms with Gasteiger partial charge in [0.15, 0.2) is 0 Å². The van der Waals surface area contributed by atoms with Gasteiger partial charge in [-0.15, -0.1) is 0 Å². The molecule has 0 aliphatic rings. The topological polar surface area (TPSA) is 35.2 Å². The molecule has 0 bridgehead atoms. The first kappa shape index (κ1) is 14.0. The largest absolute Gasteiger partial charge is 0.493 e. The fourth-order valence-electron chi connectivity index (χ4n) is 1.89.